The van der Waals surface area contributed by atoms with E-state index in [1.54, 1.807) is 33.8 Å². The molecule has 0 spiro atoms. The van der Waals surface area contributed by atoms with Gasteiger partial charge in [0.2, 0.25) is 5.91 Å². The number of carbonyl (C=O) groups excluding carboxylic acids is 4. The minimum atomic E-state index is -1.11. The molecule has 2 heterocycles. The van der Waals surface area contributed by atoms with Crippen LogP contribution in [0.5, 0.6) is 23.0 Å². The van der Waals surface area contributed by atoms with Crippen LogP contribution in [0, 0.1) is 11.6 Å². The summed E-state index contributed by atoms with van der Waals surface area (Å²) in [5, 5.41) is 11.5. The number of esters is 1. The van der Waals surface area contributed by atoms with Gasteiger partial charge >= 0.3 is 18.0 Å². The summed E-state index contributed by atoms with van der Waals surface area (Å²) in [5.74, 6) is -4.12. The van der Waals surface area contributed by atoms with Crippen LogP contribution in [0.1, 0.15) is 80.6 Å². The van der Waals surface area contributed by atoms with Crippen molar-refractivity contribution in [2.24, 2.45) is 0 Å². The van der Waals surface area contributed by atoms with E-state index < -0.39 is 47.2 Å². The standard InChI is InChI=1S/C37H44F2N2O12S/c1-20(17-40-36(47)53-37(2,3)4)52-31(46)11-9-29(43)41-18-21-14-25(48-5)34(33(39)23(21)19-41)50-12-7-13-51-35-26(49-6)16-27-22(32(35)38)15-28(54-27)24(42)8-10-30(44)45/h14-16,20H,7-13,17-19H2,1-6H3,(H,40,47)(H,44,45)/t20-/m0/s1. The van der Waals surface area contributed by atoms with Gasteiger partial charge in [-0.1, -0.05) is 0 Å². The minimum absolute atomic E-state index is 0.0261. The third-order valence-corrected chi connectivity index (χ3v) is 9.12. The molecule has 2 amide bonds. The fraction of sp³-hybridized carbons (Fsp3) is 0.486. The molecule has 0 unspecified atom stereocenters. The molecule has 0 radical (unpaired) electrons. The molecule has 0 fully saturated rings. The Kier molecular flexibility index (Phi) is 14.0. The van der Waals surface area contributed by atoms with Crippen molar-refractivity contribution >= 4 is 51.1 Å². The molecule has 1 aromatic heterocycles. The molecule has 0 aliphatic carbocycles. The highest BCUT2D eigenvalue weighted by Gasteiger charge is 2.31. The number of carboxylic acid groups (broad SMARTS) is 1. The molecule has 14 nitrogen and oxygen atoms in total. The Balaban J connectivity index is 1.28. The number of carbonyl (C=O) groups is 5. The Hall–Kier alpha value is -5.19. The molecule has 54 heavy (non-hydrogen) atoms. The summed E-state index contributed by atoms with van der Waals surface area (Å²) in [6.45, 7) is 6.74. The molecule has 1 aliphatic rings. The summed E-state index contributed by atoms with van der Waals surface area (Å²) in [6, 6.07) is 4.47. The lowest BCUT2D eigenvalue weighted by molar-refractivity contribution is -0.150. The predicted octanol–water partition coefficient (Wildman–Crippen LogP) is 6.17. The van der Waals surface area contributed by atoms with Gasteiger partial charge in [-0.15, -0.1) is 11.3 Å². The van der Waals surface area contributed by atoms with Crippen LogP contribution in [-0.4, -0.2) is 85.4 Å². The molecule has 0 bridgehead atoms. The predicted molar refractivity (Wildman–Crippen MR) is 191 cm³/mol. The smallest absolute Gasteiger partial charge is 0.407 e. The number of rotatable bonds is 18. The first-order chi connectivity index (χ1) is 25.5. The van der Waals surface area contributed by atoms with Gasteiger partial charge in [-0.05, 0) is 45.4 Å². The number of Topliss-reactive ketones (excluding diaryl/α,β-unsaturated/α-hetero) is 1. The molecule has 0 saturated heterocycles. The van der Waals surface area contributed by atoms with Crippen molar-refractivity contribution in [3.05, 3.63) is 45.8 Å². The number of hydrogen-bond donors (Lipinski definition) is 2. The number of ether oxygens (including phenoxy) is 6. The Labute approximate surface area is 314 Å². The lowest BCUT2D eigenvalue weighted by atomic mass is 10.1. The Morgan fingerprint density at radius 3 is 2.19 bits per heavy atom. The van der Waals surface area contributed by atoms with E-state index in [0.29, 0.717) is 10.3 Å². The Bertz CT molecular complexity index is 1890. The van der Waals surface area contributed by atoms with Gasteiger partial charge in [0.25, 0.3) is 0 Å². The maximum Gasteiger partial charge on any atom is 0.407 e. The second-order valence-electron chi connectivity index (χ2n) is 13.4. The Morgan fingerprint density at radius 1 is 0.907 bits per heavy atom. The fourth-order valence-electron chi connectivity index (χ4n) is 5.43. The first-order valence-electron chi connectivity index (χ1n) is 17.1. The highest BCUT2D eigenvalue weighted by atomic mass is 32.1. The number of nitrogens with zero attached hydrogens (tertiary/aromatic N) is 1. The average molecular weight is 779 g/mol. The van der Waals surface area contributed by atoms with E-state index in [1.807, 2.05) is 0 Å². The summed E-state index contributed by atoms with van der Waals surface area (Å²) in [4.78, 5) is 62.0. The Morgan fingerprint density at radius 2 is 1.56 bits per heavy atom. The molecule has 2 N–H and O–H groups in total. The van der Waals surface area contributed by atoms with Crippen LogP contribution in [0.2, 0.25) is 0 Å². The molecule has 0 saturated carbocycles. The quantitative estimate of drug-likeness (QED) is 0.0855. The highest BCUT2D eigenvalue weighted by Crippen LogP contribution is 2.41. The molecular formula is C37H44F2N2O12S. The number of ketones is 1. The third kappa shape index (κ3) is 10.9. The SMILES string of the molecule is COc1cc2c(c(F)c1OCCCOc1c(OC)cc3sc(C(=O)CCC(=O)O)cc3c1F)CN(C(=O)CCC(=O)O[C@@H](C)CNC(=O)OC(C)(C)C)C2. The van der Waals surface area contributed by atoms with Crippen LogP contribution in [0.25, 0.3) is 10.1 Å². The van der Waals surface area contributed by atoms with Crippen LogP contribution in [0.3, 0.4) is 0 Å². The third-order valence-electron chi connectivity index (χ3n) is 8.00. The first-order valence-corrected chi connectivity index (χ1v) is 18.0. The number of thiophene rings is 1. The number of fused-ring (bicyclic) bond motifs is 2. The van der Waals surface area contributed by atoms with Crippen LogP contribution >= 0.6 is 11.3 Å². The van der Waals surface area contributed by atoms with E-state index in [9.17, 15) is 24.0 Å². The summed E-state index contributed by atoms with van der Waals surface area (Å²) < 4.78 is 64.2. The zero-order valence-corrected chi connectivity index (χ0v) is 31.7. The first kappa shape index (κ1) is 41.6. The van der Waals surface area contributed by atoms with Gasteiger partial charge < -0.3 is 43.7 Å². The summed E-state index contributed by atoms with van der Waals surface area (Å²) in [5.41, 5.74) is 0.0951. The van der Waals surface area contributed by atoms with Gasteiger partial charge in [0.1, 0.15) is 11.7 Å². The van der Waals surface area contributed by atoms with Crippen LogP contribution < -0.4 is 24.3 Å². The monoisotopic (exact) mass is 778 g/mol. The van der Waals surface area contributed by atoms with Gasteiger partial charge in [0.15, 0.2) is 40.4 Å². The van der Waals surface area contributed by atoms with Crippen molar-refractivity contribution in [1.29, 1.82) is 0 Å². The summed E-state index contributed by atoms with van der Waals surface area (Å²) in [7, 11) is 2.69. The molecule has 1 aliphatic heterocycles. The minimum Gasteiger partial charge on any atom is -0.493 e. The van der Waals surface area contributed by atoms with Gasteiger partial charge in [0.05, 0.1) is 51.7 Å². The second kappa shape index (κ2) is 18.2. The molecule has 3 aromatic rings. The maximum atomic E-state index is 15.8. The van der Waals surface area contributed by atoms with E-state index >= 15 is 8.78 Å². The van der Waals surface area contributed by atoms with Crippen molar-refractivity contribution in [1.82, 2.24) is 10.2 Å². The molecule has 2 aromatic carbocycles. The van der Waals surface area contributed by atoms with Gasteiger partial charge in [0, 0.05) is 54.1 Å². The van der Waals surface area contributed by atoms with E-state index in [2.05, 4.69) is 5.32 Å². The molecule has 294 valence electrons. The normalized spacial score (nSPS) is 12.9. The topological polar surface area (TPSA) is 176 Å². The summed E-state index contributed by atoms with van der Waals surface area (Å²) in [6.07, 6.45) is -2.05. The average Bonchev–Trinajstić information content (AvgIpc) is 3.74. The van der Waals surface area contributed by atoms with Crippen molar-refractivity contribution in [2.75, 3.05) is 34.0 Å². The van der Waals surface area contributed by atoms with Gasteiger partial charge in [-0.3, -0.25) is 19.2 Å². The number of hydrogen-bond acceptors (Lipinski definition) is 12. The largest absolute Gasteiger partial charge is 0.493 e. The number of amides is 2. The molecular weight excluding hydrogens is 734 g/mol. The zero-order valence-electron chi connectivity index (χ0n) is 30.9. The van der Waals surface area contributed by atoms with Crippen LogP contribution in [0.4, 0.5) is 13.6 Å². The number of benzene rings is 2. The second-order valence-corrected chi connectivity index (χ2v) is 14.5. The van der Waals surface area contributed by atoms with Gasteiger partial charge in [-0.25, -0.2) is 13.6 Å². The maximum absolute atomic E-state index is 15.8. The van der Waals surface area contributed by atoms with E-state index in [4.69, 9.17) is 33.5 Å². The number of nitrogens with one attached hydrogen (secondary N) is 1. The molecule has 4 rings (SSSR count). The van der Waals surface area contributed by atoms with E-state index in [0.717, 1.165) is 11.3 Å². The zero-order chi connectivity index (χ0) is 39.7. The van der Waals surface area contributed by atoms with Crippen LogP contribution in [0.15, 0.2) is 18.2 Å². The molecule has 17 heteroatoms. The highest BCUT2D eigenvalue weighted by molar-refractivity contribution is 7.20. The van der Waals surface area contributed by atoms with Crippen LogP contribution in [-0.2, 0) is 36.9 Å². The number of halogens is 2. The van der Waals surface area contributed by atoms with E-state index in [1.165, 1.54) is 31.3 Å². The number of alkyl carbamates (subject to hydrolysis) is 1. The van der Waals surface area contributed by atoms with Crippen molar-refractivity contribution in [3.63, 3.8) is 0 Å². The lowest BCUT2D eigenvalue weighted by Gasteiger charge is -2.21. The fourth-order valence-corrected chi connectivity index (χ4v) is 6.48. The van der Waals surface area contributed by atoms with Crippen molar-refractivity contribution in [3.8, 4) is 23.0 Å². The number of carboxylic acids is 1. The lowest BCUT2D eigenvalue weighted by Crippen LogP contribution is -2.37. The van der Waals surface area contributed by atoms with Crippen molar-refractivity contribution < 1.29 is 66.3 Å². The van der Waals surface area contributed by atoms with Gasteiger partial charge in [-0.2, -0.15) is 0 Å². The number of methoxy groups -OCH3 is 2. The van der Waals surface area contributed by atoms with E-state index in [-0.39, 0.29) is 110 Å². The van der Waals surface area contributed by atoms with Crippen molar-refractivity contribution in [2.45, 2.75) is 84.6 Å². The molecule has 1 atom stereocenters. The summed E-state index contributed by atoms with van der Waals surface area (Å²) >= 11 is 1.02. The number of aliphatic carboxylic acids is 1.